The number of H-pyrrole nitrogens is 1. The van der Waals surface area contributed by atoms with Gasteiger partial charge in [-0.25, -0.2) is 4.79 Å². The molecule has 2 rings (SSSR count). The van der Waals surface area contributed by atoms with E-state index < -0.39 is 17.2 Å². The van der Waals surface area contributed by atoms with E-state index in [0.717, 1.165) is 5.56 Å². The van der Waals surface area contributed by atoms with Crippen LogP contribution in [0.1, 0.15) is 19.4 Å². The number of anilines is 2. The molecule has 158 valence electrons. The van der Waals surface area contributed by atoms with Crippen molar-refractivity contribution in [3.8, 4) is 5.75 Å². The molecule has 0 aliphatic rings. The molecule has 29 heavy (non-hydrogen) atoms. The van der Waals surface area contributed by atoms with E-state index in [1.165, 1.54) is 16.6 Å². The number of nitrogens with zero attached hydrogens (tertiary/aromatic N) is 2. The Morgan fingerprint density at radius 3 is 2.59 bits per heavy atom. The van der Waals surface area contributed by atoms with Gasteiger partial charge in [0.05, 0.1) is 6.61 Å². The fourth-order valence-electron chi connectivity index (χ4n) is 2.86. The molecule has 1 amide bonds. The fraction of sp³-hybridized carbons (Fsp3) is 0.450. The standard InChI is InChI=1S/C20H28N4O5/c1-13(2)11-24-18(21)17(19(26)22-20(24)27)23(9-10-28-4)16(25)12-29-15-8-6-5-7-14(15)3/h5-8,13H,9-12,21H2,1-4H3,(H,22,26,27). The zero-order chi connectivity index (χ0) is 21.6. The summed E-state index contributed by atoms with van der Waals surface area (Å²) in [5.41, 5.74) is 5.60. The third kappa shape index (κ3) is 5.47. The third-order valence-electron chi connectivity index (χ3n) is 4.30. The lowest BCUT2D eigenvalue weighted by atomic mass is 10.2. The molecule has 0 radical (unpaired) electrons. The summed E-state index contributed by atoms with van der Waals surface area (Å²) in [6.45, 7) is 5.98. The number of para-hydroxylation sites is 1. The SMILES string of the molecule is COCCN(C(=O)COc1ccccc1C)c1c(N)n(CC(C)C)c(=O)[nH]c1=O. The highest BCUT2D eigenvalue weighted by molar-refractivity contribution is 5.96. The van der Waals surface area contributed by atoms with Gasteiger partial charge in [0.1, 0.15) is 11.6 Å². The number of benzene rings is 1. The molecule has 0 bridgehead atoms. The first-order chi connectivity index (χ1) is 13.8. The number of aryl methyl sites for hydroxylation is 1. The van der Waals surface area contributed by atoms with Crippen LogP contribution in [0.15, 0.2) is 33.9 Å². The molecule has 0 saturated heterocycles. The molecule has 1 aromatic carbocycles. The molecule has 0 fully saturated rings. The summed E-state index contributed by atoms with van der Waals surface area (Å²) in [5, 5.41) is 0. The van der Waals surface area contributed by atoms with Gasteiger partial charge in [0.25, 0.3) is 11.5 Å². The molecule has 1 aromatic heterocycles. The Kier molecular flexibility index (Phi) is 7.60. The van der Waals surface area contributed by atoms with Crippen LogP contribution in [0.3, 0.4) is 0 Å². The molecule has 3 N–H and O–H groups in total. The van der Waals surface area contributed by atoms with Crippen molar-refractivity contribution in [1.29, 1.82) is 0 Å². The number of nitrogen functional groups attached to an aromatic ring is 1. The Labute approximate surface area is 169 Å². The molecule has 1 heterocycles. The Bertz CT molecular complexity index is 964. The third-order valence-corrected chi connectivity index (χ3v) is 4.30. The van der Waals surface area contributed by atoms with Gasteiger partial charge in [-0.15, -0.1) is 0 Å². The van der Waals surface area contributed by atoms with E-state index in [4.69, 9.17) is 15.2 Å². The maximum Gasteiger partial charge on any atom is 0.330 e. The Hall–Kier alpha value is -3.07. The molecule has 2 aromatic rings. The number of aromatic nitrogens is 2. The highest BCUT2D eigenvalue weighted by atomic mass is 16.5. The number of aromatic amines is 1. The normalized spacial score (nSPS) is 10.9. The second-order valence-electron chi connectivity index (χ2n) is 7.09. The summed E-state index contributed by atoms with van der Waals surface area (Å²) in [4.78, 5) is 41.0. The lowest BCUT2D eigenvalue weighted by molar-refractivity contribution is -0.120. The van der Waals surface area contributed by atoms with E-state index in [-0.39, 0.29) is 37.2 Å². The van der Waals surface area contributed by atoms with Crippen LogP contribution >= 0.6 is 0 Å². The Morgan fingerprint density at radius 2 is 1.97 bits per heavy atom. The summed E-state index contributed by atoms with van der Waals surface area (Å²) in [6, 6.07) is 7.30. The van der Waals surface area contributed by atoms with Gasteiger partial charge in [0.2, 0.25) is 0 Å². The van der Waals surface area contributed by atoms with Crippen molar-refractivity contribution in [2.24, 2.45) is 5.92 Å². The first kappa shape index (κ1) is 22.2. The van der Waals surface area contributed by atoms with Crippen molar-refractivity contribution in [3.05, 3.63) is 50.7 Å². The first-order valence-electron chi connectivity index (χ1n) is 9.36. The number of rotatable bonds is 9. The average Bonchev–Trinajstić information content (AvgIpc) is 2.66. The van der Waals surface area contributed by atoms with Crippen molar-refractivity contribution in [2.45, 2.75) is 27.3 Å². The van der Waals surface area contributed by atoms with Crippen molar-refractivity contribution in [2.75, 3.05) is 37.5 Å². The molecule has 0 saturated carbocycles. The van der Waals surface area contributed by atoms with E-state index in [9.17, 15) is 14.4 Å². The van der Waals surface area contributed by atoms with Gasteiger partial charge < -0.3 is 15.2 Å². The minimum atomic E-state index is -0.729. The summed E-state index contributed by atoms with van der Waals surface area (Å²) < 4.78 is 12.0. The van der Waals surface area contributed by atoms with Crippen LogP contribution in [0.5, 0.6) is 5.75 Å². The summed E-state index contributed by atoms with van der Waals surface area (Å²) in [6.07, 6.45) is 0. The number of methoxy groups -OCH3 is 1. The van der Waals surface area contributed by atoms with Gasteiger partial charge >= 0.3 is 5.69 Å². The maximum atomic E-state index is 12.9. The van der Waals surface area contributed by atoms with E-state index in [0.29, 0.717) is 12.3 Å². The second kappa shape index (κ2) is 9.92. The number of nitrogens with two attached hydrogens (primary N) is 1. The van der Waals surface area contributed by atoms with Gasteiger partial charge in [-0.1, -0.05) is 32.0 Å². The number of nitrogens with one attached hydrogen (secondary N) is 1. The zero-order valence-corrected chi connectivity index (χ0v) is 17.2. The first-order valence-corrected chi connectivity index (χ1v) is 9.36. The number of ether oxygens (including phenoxy) is 2. The summed E-state index contributed by atoms with van der Waals surface area (Å²) in [7, 11) is 1.49. The van der Waals surface area contributed by atoms with Gasteiger partial charge in [0.15, 0.2) is 12.3 Å². The summed E-state index contributed by atoms with van der Waals surface area (Å²) >= 11 is 0. The number of hydrogen-bond acceptors (Lipinski definition) is 6. The largest absolute Gasteiger partial charge is 0.483 e. The maximum absolute atomic E-state index is 12.9. The van der Waals surface area contributed by atoms with Crippen molar-refractivity contribution < 1.29 is 14.3 Å². The number of hydrogen-bond donors (Lipinski definition) is 2. The molecular weight excluding hydrogens is 376 g/mol. The second-order valence-corrected chi connectivity index (χ2v) is 7.09. The number of amides is 1. The van der Waals surface area contributed by atoms with E-state index >= 15 is 0 Å². The molecule has 0 spiro atoms. The molecule has 0 aliphatic carbocycles. The van der Waals surface area contributed by atoms with Gasteiger partial charge in [-0.3, -0.25) is 24.0 Å². The van der Waals surface area contributed by atoms with Crippen molar-refractivity contribution in [1.82, 2.24) is 9.55 Å². The Balaban J connectivity index is 2.38. The summed E-state index contributed by atoms with van der Waals surface area (Å²) in [5.74, 6) is 0.144. The van der Waals surface area contributed by atoms with E-state index in [2.05, 4.69) is 4.98 Å². The minimum absolute atomic E-state index is 0.0622. The molecule has 9 heteroatoms. The van der Waals surface area contributed by atoms with Crippen LogP contribution < -0.4 is 26.6 Å². The average molecular weight is 404 g/mol. The van der Waals surface area contributed by atoms with Crippen LogP contribution in [0.4, 0.5) is 11.5 Å². The number of carbonyl (C=O) groups is 1. The van der Waals surface area contributed by atoms with E-state index in [1.54, 1.807) is 12.1 Å². The van der Waals surface area contributed by atoms with E-state index in [1.807, 2.05) is 32.9 Å². The molecule has 9 nitrogen and oxygen atoms in total. The quantitative estimate of drug-likeness (QED) is 0.647. The fourth-order valence-corrected chi connectivity index (χ4v) is 2.86. The van der Waals surface area contributed by atoms with Gasteiger partial charge in [0, 0.05) is 20.2 Å². The van der Waals surface area contributed by atoms with Crippen molar-refractivity contribution in [3.63, 3.8) is 0 Å². The van der Waals surface area contributed by atoms with Gasteiger partial charge in [-0.2, -0.15) is 0 Å². The lowest BCUT2D eigenvalue weighted by Gasteiger charge is -2.24. The van der Waals surface area contributed by atoms with Crippen LogP contribution in [-0.4, -0.2) is 42.3 Å². The highest BCUT2D eigenvalue weighted by Crippen LogP contribution is 2.19. The molecule has 0 aliphatic heterocycles. The smallest absolute Gasteiger partial charge is 0.330 e. The van der Waals surface area contributed by atoms with Crippen LogP contribution in [0.25, 0.3) is 0 Å². The van der Waals surface area contributed by atoms with Gasteiger partial charge in [-0.05, 0) is 24.5 Å². The van der Waals surface area contributed by atoms with Crippen LogP contribution in [-0.2, 0) is 16.1 Å². The van der Waals surface area contributed by atoms with Crippen LogP contribution in [0.2, 0.25) is 0 Å². The zero-order valence-electron chi connectivity index (χ0n) is 17.2. The molecule has 0 unspecified atom stereocenters. The Morgan fingerprint density at radius 1 is 1.28 bits per heavy atom. The molecule has 0 atom stereocenters. The topological polar surface area (TPSA) is 120 Å². The highest BCUT2D eigenvalue weighted by Gasteiger charge is 2.25. The predicted molar refractivity (Wildman–Crippen MR) is 111 cm³/mol. The predicted octanol–water partition coefficient (Wildman–Crippen LogP) is 1.14. The number of carbonyl (C=O) groups excluding carboxylic acids is 1. The lowest BCUT2D eigenvalue weighted by Crippen LogP contribution is -2.44. The van der Waals surface area contributed by atoms with Crippen molar-refractivity contribution >= 4 is 17.4 Å². The minimum Gasteiger partial charge on any atom is -0.483 e. The van der Waals surface area contributed by atoms with Crippen LogP contribution in [0, 0.1) is 12.8 Å². The monoisotopic (exact) mass is 404 g/mol. The molecular formula is C20H28N4O5.